The van der Waals surface area contributed by atoms with Gasteiger partial charge in [-0.3, -0.25) is 0 Å². The maximum Gasteiger partial charge on any atom is 0.326 e. The first kappa shape index (κ1) is 16.1. The molecule has 0 aromatic rings. The van der Waals surface area contributed by atoms with Crippen LogP contribution in [0.25, 0.3) is 0 Å². The van der Waals surface area contributed by atoms with E-state index in [-0.39, 0.29) is 6.03 Å². The second-order valence-electron chi connectivity index (χ2n) is 6.07. The average Bonchev–Trinajstić information content (AvgIpc) is 3.11. The summed E-state index contributed by atoms with van der Waals surface area (Å²) in [5.41, 5.74) is 0. The first-order valence-electron chi connectivity index (χ1n) is 7.92. The van der Waals surface area contributed by atoms with Gasteiger partial charge in [0.15, 0.2) is 0 Å². The van der Waals surface area contributed by atoms with Crippen LogP contribution in [0.1, 0.15) is 44.9 Å². The molecule has 0 bridgehead atoms. The minimum absolute atomic E-state index is 0.229. The number of carboxylic acids is 1. The van der Waals surface area contributed by atoms with Crippen LogP contribution in [0.4, 0.5) is 4.79 Å². The number of nitrogens with zero attached hydrogens (tertiary/aromatic N) is 1. The lowest BCUT2D eigenvalue weighted by Crippen LogP contribution is -2.51. The molecule has 6 nitrogen and oxygen atoms in total. The van der Waals surface area contributed by atoms with Crippen molar-refractivity contribution in [3.05, 3.63) is 0 Å². The molecule has 2 amide bonds. The zero-order chi connectivity index (χ0) is 15.2. The Labute approximate surface area is 125 Å². The molecule has 0 aromatic heterocycles. The van der Waals surface area contributed by atoms with Gasteiger partial charge >= 0.3 is 12.0 Å². The first-order valence-corrected chi connectivity index (χ1v) is 7.92. The molecule has 1 saturated heterocycles. The van der Waals surface area contributed by atoms with Gasteiger partial charge in [0.2, 0.25) is 0 Å². The van der Waals surface area contributed by atoms with Crippen molar-refractivity contribution in [2.75, 3.05) is 20.3 Å². The van der Waals surface area contributed by atoms with Crippen LogP contribution < -0.4 is 5.32 Å². The number of methoxy groups -OCH3 is 1. The van der Waals surface area contributed by atoms with E-state index in [9.17, 15) is 14.7 Å². The molecule has 2 unspecified atom stereocenters. The zero-order valence-electron chi connectivity index (χ0n) is 12.7. The standard InChI is InChI=1S/C15H26N2O4/c1-21-10-8-12(14(18)19)16-15(20)17-9-4-7-13(17)11-5-2-3-6-11/h11-13H,2-10H2,1H3,(H,16,20)(H,18,19). The van der Waals surface area contributed by atoms with Gasteiger partial charge in [-0.05, 0) is 31.6 Å². The average molecular weight is 298 g/mol. The highest BCUT2D eigenvalue weighted by atomic mass is 16.5. The lowest BCUT2D eigenvalue weighted by atomic mass is 9.96. The van der Waals surface area contributed by atoms with Gasteiger partial charge < -0.3 is 20.1 Å². The van der Waals surface area contributed by atoms with Gasteiger partial charge in [-0.2, -0.15) is 0 Å². The van der Waals surface area contributed by atoms with E-state index < -0.39 is 12.0 Å². The summed E-state index contributed by atoms with van der Waals surface area (Å²) >= 11 is 0. The minimum atomic E-state index is -1.00. The third-order valence-electron chi connectivity index (χ3n) is 4.71. The molecule has 1 saturated carbocycles. The highest BCUT2D eigenvalue weighted by Crippen LogP contribution is 2.35. The molecule has 1 aliphatic carbocycles. The lowest BCUT2D eigenvalue weighted by Gasteiger charge is -2.30. The lowest BCUT2D eigenvalue weighted by molar-refractivity contribution is -0.139. The van der Waals surface area contributed by atoms with Gasteiger partial charge in [0.1, 0.15) is 6.04 Å². The Morgan fingerprint density at radius 1 is 1.29 bits per heavy atom. The van der Waals surface area contributed by atoms with E-state index in [0.717, 1.165) is 19.4 Å². The number of amides is 2. The van der Waals surface area contributed by atoms with Crippen LogP contribution in [0.5, 0.6) is 0 Å². The summed E-state index contributed by atoms with van der Waals surface area (Å²) in [4.78, 5) is 25.5. The molecule has 2 atom stereocenters. The Bertz CT molecular complexity index is 369. The second kappa shape index (κ2) is 7.64. The van der Waals surface area contributed by atoms with Crippen molar-refractivity contribution in [3.63, 3.8) is 0 Å². The van der Waals surface area contributed by atoms with E-state index in [1.54, 1.807) is 0 Å². The molecule has 0 spiro atoms. The second-order valence-corrected chi connectivity index (χ2v) is 6.07. The fraction of sp³-hybridized carbons (Fsp3) is 0.867. The van der Waals surface area contributed by atoms with Crippen LogP contribution >= 0.6 is 0 Å². The number of carbonyl (C=O) groups is 2. The number of urea groups is 1. The Morgan fingerprint density at radius 3 is 2.62 bits per heavy atom. The largest absolute Gasteiger partial charge is 0.480 e. The number of carbonyl (C=O) groups excluding carboxylic acids is 1. The summed E-state index contributed by atoms with van der Waals surface area (Å²) < 4.78 is 4.90. The molecule has 2 aliphatic rings. The van der Waals surface area contributed by atoms with Gasteiger partial charge in [0.05, 0.1) is 0 Å². The summed E-state index contributed by atoms with van der Waals surface area (Å²) in [6, 6.07) is -0.806. The van der Waals surface area contributed by atoms with Crippen LogP contribution in [-0.4, -0.2) is 54.4 Å². The Hall–Kier alpha value is -1.30. The van der Waals surface area contributed by atoms with E-state index in [0.29, 0.717) is 25.0 Å². The van der Waals surface area contributed by atoms with Crippen molar-refractivity contribution < 1.29 is 19.4 Å². The van der Waals surface area contributed by atoms with Crippen LogP contribution in [0.3, 0.4) is 0 Å². The third-order valence-corrected chi connectivity index (χ3v) is 4.71. The molecule has 21 heavy (non-hydrogen) atoms. The summed E-state index contributed by atoms with van der Waals surface area (Å²) in [5.74, 6) is -0.405. The number of ether oxygens (including phenoxy) is 1. The minimum Gasteiger partial charge on any atom is -0.480 e. The molecule has 0 aromatic carbocycles. The fourth-order valence-electron chi connectivity index (χ4n) is 3.60. The van der Waals surface area contributed by atoms with E-state index in [1.807, 2.05) is 4.90 Å². The number of rotatable bonds is 6. The van der Waals surface area contributed by atoms with Crippen LogP contribution in [0, 0.1) is 5.92 Å². The van der Waals surface area contributed by atoms with Crippen molar-refractivity contribution in [3.8, 4) is 0 Å². The summed E-state index contributed by atoms with van der Waals surface area (Å²) in [5, 5.41) is 11.8. The molecule has 1 aliphatic heterocycles. The number of hydrogen-bond donors (Lipinski definition) is 2. The van der Waals surface area contributed by atoms with Gasteiger partial charge in [-0.25, -0.2) is 9.59 Å². The van der Waals surface area contributed by atoms with Crippen LogP contribution in [0.15, 0.2) is 0 Å². The maximum absolute atomic E-state index is 12.4. The van der Waals surface area contributed by atoms with Gasteiger partial charge in [-0.15, -0.1) is 0 Å². The number of nitrogens with one attached hydrogen (secondary N) is 1. The summed E-state index contributed by atoms with van der Waals surface area (Å²) in [7, 11) is 1.53. The maximum atomic E-state index is 12.4. The molecular weight excluding hydrogens is 272 g/mol. The van der Waals surface area contributed by atoms with Crippen molar-refractivity contribution in [2.24, 2.45) is 5.92 Å². The quantitative estimate of drug-likeness (QED) is 0.784. The number of carboxylic acid groups (broad SMARTS) is 1. The van der Waals surface area contributed by atoms with Crippen molar-refractivity contribution >= 4 is 12.0 Å². The molecule has 120 valence electrons. The van der Waals surface area contributed by atoms with Crippen LogP contribution in [-0.2, 0) is 9.53 Å². The first-order chi connectivity index (χ1) is 10.1. The van der Waals surface area contributed by atoms with Gasteiger partial charge in [0.25, 0.3) is 0 Å². The molecule has 2 N–H and O–H groups in total. The smallest absolute Gasteiger partial charge is 0.326 e. The zero-order valence-corrected chi connectivity index (χ0v) is 12.7. The third kappa shape index (κ3) is 4.09. The molecule has 2 rings (SSSR count). The summed E-state index contributed by atoms with van der Waals surface area (Å²) in [6.45, 7) is 1.06. The molecule has 1 heterocycles. The topological polar surface area (TPSA) is 78.9 Å². The molecule has 0 radical (unpaired) electrons. The predicted octanol–water partition coefficient (Wildman–Crippen LogP) is 1.84. The van der Waals surface area contributed by atoms with Crippen molar-refractivity contribution in [1.29, 1.82) is 0 Å². The molecule has 6 heteroatoms. The predicted molar refractivity (Wildman–Crippen MR) is 78.1 cm³/mol. The van der Waals surface area contributed by atoms with Crippen molar-refractivity contribution in [2.45, 2.75) is 57.0 Å². The van der Waals surface area contributed by atoms with E-state index in [1.165, 1.54) is 32.8 Å². The van der Waals surface area contributed by atoms with Gasteiger partial charge in [0, 0.05) is 32.7 Å². The van der Waals surface area contributed by atoms with Gasteiger partial charge in [-0.1, -0.05) is 12.8 Å². The fourth-order valence-corrected chi connectivity index (χ4v) is 3.60. The van der Waals surface area contributed by atoms with Crippen LogP contribution in [0.2, 0.25) is 0 Å². The molecule has 2 fully saturated rings. The summed E-state index contributed by atoms with van der Waals surface area (Å²) in [6.07, 6.45) is 7.25. The van der Waals surface area contributed by atoms with Crippen molar-refractivity contribution in [1.82, 2.24) is 10.2 Å². The Kier molecular flexibility index (Phi) is 5.85. The number of hydrogen-bond acceptors (Lipinski definition) is 3. The van der Waals surface area contributed by atoms with E-state index >= 15 is 0 Å². The normalized spacial score (nSPS) is 24.2. The highest BCUT2D eigenvalue weighted by molar-refractivity contribution is 5.82. The molecular formula is C15H26N2O4. The SMILES string of the molecule is COCCC(NC(=O)N1CCCC1C1CCCC1)C(=O)O. The highest BCUT2D eigenvalue weighted by Gasteiger charge is 2.36. The van der Waals surface area contributed by atoms with E-state index in [2.05, 4.69) is 5.32 Å². The van der Waals surface area contributed by atoms with E-state index in [4.69, 9.17) is 4.74 Å². The monoisotopic (exact) mass is 298 g/mol. The Morgan fingerprint density at radius 2 is 2.00 bits per heavy atom. The Balaban J connectivity index is 1.92. The number of likely N-dealkylation sites (tertiary alicyclic amines) is 1. The number of aliphatic carboxylic acids is 1.